The van der Waals surface area contributed by atoms with E-state index in [1.807, 2.05) is 17.6 Å². The Hall–Kier alpha value is -2.22. The van der Waals surface area contributed by atoms with Crippen LogP contribution in [0.1, 0.15) is 25.8 Å². The van der Waals surface area contributed by atoms with Crippen LogP contribution in [0.2, 0.25) is 0 Å². The molecular formula is C14H20N6O2. The highest BCUT2D eigenvalue weighted by molar-refractivity contribution is 5.41. The first kappa shape index (κ1) is 14.7. The Kier molecular flexibility index (Phi) is 4.47. The molecule has 3 rings (SSSR count). The first-order valence-electron chi connectivity index (χ1n) is 7.51. The van der Waals surface area contributed by atoms with Crippen molar-refractivity contribution in [2.75, 3.05) is 31.2 Å². The molecule has 0 bridgehead atoms. The molecule has 3 heterocycles. The lowest BCUT2D eigenvalue weighted by atomic mass is 10.2. The lowest BCUT2D eigenvalue weighted by molar-refractivity contribution is 0.0313. The van der Waals surface area contributed by atoms with Crippen LogP contribution in [0, 0.1) is 0 Å². The van der Waals surface area contributed by atoms with Crippen molar-refractivity contribution in [3.63, 3.8) is 0 Å². The maximum atomic E-state index is 5.85. The summed E-state index contributed by atoms with van der Waals surface area (Å²) in [5.74, 6) is 2.29. The number of hydrogen-bond donors (Lipinski definition) is 0. The van der Waals surface area contributed by atoms with Gasteiger partial charge in [0.2, 0.25) is 5.88 Å². The van der Waals surface area contributed by atoms with Gasteiger partial charge in [0.15, 0.2) is 5.82 Å². The van der Waals surface area contributed by atoms with E-state index in [-0.39, 0.29) is 6.10 Å². The Balaban J connectivity index is 1.77. The van der Waals surface area contributed by atoms with Crippen LogP contribution < -0.4 is 9.64 Å². The Morgan fingerprint density at radius 3 is 3.09 bits per heavy atom. The Morgan fingerprint density at radius 1 is 1.36 bits per heavy atom. The van der Waals surface area contributed by atoms with Crippen molar-refractivity contribution in [1.29, 1.82) is 0 Å². The second kappa shape index (κ2) is 6.69. The minimum absolute atomic E-state index is 0.110. The van der Waals surface area contributed by atoms with Gasteiger partial charge in [0.25, 0.3) is 0 Å². The van der Waals surface area contributed by atoms with Gasteiger partial charge in [0.05, 0.1) is 19.8 Å². The van der Waals surface area contributed by atoms with Crippen LogP contribution in [0.4, 0.5) is 5.82 Å². The van der Waals surface area contributed by atoms with Crippen LogP contribution >= 0.6 is 0 Å². The van der Waals surface area contributed by atoms with E-state index >= 15 is 0 Å². The van der Waals surface area contributed by atoms with E-state index in [1.165, 1.54) is 6.33 Å². The van der Waals surface area contributed by atoms with Gasteiger partial charge in [0.1, 0.15) is 24.6 Å². The molecule has 2 aromatic rings. The van der Waals surface area contributed by atoms with E-state index in [9.17, 15) is 0 Å². The normalized spacial score (nSPS) is 18.5. The fourth-order valence-corrected chi connectivity index (χ4v) is 2.50. The van der Waals surface area contributed by atoms with Crippen LogP contribution in [0.15, 0.2) is 18.7 Å². The molecule has 0 spiro atoms. The number of morpholine rings is 1. The van der Waals surface area contributed by atoms with Gasteiger partial charge in [0, 0.05) is 19.2 Å². The molecule has 1 aliphatic rings. The summed E-state index contributed by atoms with van der Waals surface area (Å²) in [5.41, 5.74) is 0. The summed E-state index contributed by atoms with van der Waals surface area (Å²) in [5, 5.41) is 8.16. The summed E-state index contributed by atoms with van der Waals surface area (Å²) in [6.07, 6.45) is 3.15. The molecule has 1 saturated heterocycles. The number of ether oxygens (including phenoxy) is 2. The molecule has 0 N–H and O–H groups in total. The van der Waals surface area contributed by atoms with Crippen molar-refractivity contribution < 1.29 is 9.47 Å². The predicted molar refractivity (Wildman–Crippen MR) is 79.8 cm³/mol. The van der Waals surface area contributed by atoms with Gasteiger partial charge in [-0.3, -0.25) is 0 Å². The van der Waals surface area contributed by atoms with Crippen molar-refractivity contribution in [3.05, 3.63) is 24.5 Å². The molecule has 0 unspecified atom stereocenters. The molecule has 2 aromatic heterocycles. The zero-order valence-corrected chi connectivity index (χ0v) is 12.8. The summed E-state index contributed by atoms with van der Waals surface area (Å²) in [6.45, 7) is 7.48. The fourth-order valence-electron chi connectivity index (χ4n) is 2.50. The molecular weight excluding hydrogens is 284 g/mol. The lowest BCUT2D eigenvalue weighted by Gasteiger charge is -2.33. The van der Waals surface area contributed by atoms with Crippen molar-refractivity contribution >= 4 is 5.82 Å². The van der Waals surface area contributed by atoms with Gasteiger partial charge in [-0.15, -0.1) is 10.2 Å². The molecule has 0 aliphatic carbocycles. The largest absolute Gasteiger partial charge is 0.478 e. The van der Waals surface area contributed by atoms with Gasteiger partial charge in [-0.1, -0.05) is 0 Å². The first-order valence-corrected chi connectivity index (χ1v) is 7.51. The maximum Gasteiger partial charge on any atom is 0.218 e. The number of anilines is 1. The van der Waals surface area contributed by atoms with Crippen molar-refractivity contribution in [1.82, 2.24) is 24.7 Å². The van der Waals surface area contributed by atoms with Crippen molar-refractivity contribution in [2.24, 2.45) is 0 Å². The molecule has 0 saturated carbocycles. The van der Waals surface area contributed by atoms with Crippen molar-refractivity contribution in [2.45, 2.75) is 26.5 Å². The van der Waals surface area contributed by atoms with E-state index in [2.05, 4.69) is 32.0 Å². The monoisotopic (exact) mass is 304 g/mol. The minimum atomic E-state index is -0.110. The average molecular weight is 304 g/mol. The Morgan fingerprint density at radius 2 is 2.27 bits per heavy atom. The Bertz CT molecular complexity index is 617. The third kappa shape index (κ3) is 3.01. The highest BCUT2D eigenvalue weighted by atomic mass is 16.5. The number of rotatable bonds is 5. The third-order valence-electron chi connectivity index (χ3n) is 3.58. The van der Waals surface area contributed by atoms with E-state index in [0.29, 0.717) is 25.6 Å². The first-order chi connectivity index (χ1) is 10.8. The number of hydrogen-bond acceptors (Lipinski definition) is 7. The van der Waals surface area contributed by atoms with Crippen LogP contribution in [-0.4, -0.2) is 51.0 Å². The standard InChI is InChI=1S/C14H20N6O2/c1-3-19-10-17-18-14(19)11-8-20(5-6-22-11)12-7-13(21-4-2)16-9-15-12/h7,9-11H,3-6,8H2,1-2H3/t11-/m1/s1. The lowest BCUT2D eigenvalue weighted by Crippen LogP contribution is -2.39. The van der Waals surface area contributed by atoms with Crippen LogP contribution in [0.3, 0.4) is 0 Å². The molecule has 0 radical (unpaired) electrons. The van der Waals surface area contributed by atoms with E-state index in [1.54, 1.807) is 6.33 Å². The summed E-state index contributed by atoms with van der Waals surface area (Å²) < 4.78 is 13.3. The van der Waals surface area contributed by atoms with Gasteiger partial charge >= 0.3 is 0 Å². The highest BCUT2D eigenvalue weighted by Crippen LogP contribution is 2.25. The molecule has 22 heavy (non-hydrogen) atoms. The molecule has 8 nitrogen and oxygen atoms in total. The van der Waals surface area contributed by atoms with Crippen LogP contribution in [0.5, 0.6) is 5.88 Å². The van der Waals surface area contributed by atoms with Crippen LogP contribution in [-0.2, 0) is 11.3 Å². The summed E-state index contributed by atoms with van der Waals surface area (Å²) in [7, 11) is 0. The molecule has 0 amide bonds. The van der Waals surface area contributed by atoms with Crippen molar-refractivity contribution in [3.8, 4) is 5.88 Å². The summed E-state index contributed by atoms with van der Waals surface area (Å²) in [4.78, 5) is 10.6. The fraction of sp³-hybridized carbons (Fsp3) is 0.571. The molecule has 118 valence electrons. The maximum absolute atomic E-state index is 5.85. The zero-order chi connectivity index (χ0) is 15.4. The quantitative estimate of drug-likeness (QED) is 0.817. The second-order valence-electron chi connectivity index (χ2n) is 4.93. The number of aromatic nitrogens is 5. The smallest absolute Gasteiger partial charge is 0.218 e. The van der Waals surface area contributed by atoms with E-state index in [0.717, 1.165) is 24.7 Å². The van der Waals surface area contributed by atoms with Gasteiger partial charge in [-0.2, -0.15) is 0 Å². The number of nitrogens with zero attached hydrogens (tertiary/aromatic N) is 6. The average Bonchev–Trinajstić information content (AvgIpc) is 3.04. The zero-order valence-electron chi connectivity index (χ0n) is 12.8. The predicted octanol–water partition coefficient (Wildman–Crippen LogP) is 1.06. The van der Waals surface area contributed by atoms with Gasteiger partial charge in [-0.05, 0) is 13.8 Å². The highest BCUT2D eigenvalue weighted by Gasteiger charge is 2.26. The molecule has 1 atom stereocenters. The summed E-state index contributed by atoms with van der Waals surface area (Å²) in [6, 6.07) is 1.86. The van der Waals surface area contributed by atoms with E-state index in [4.69, 9.17) is 9.47 Å². The molecule has 1 fully saturated rings. The van der Waals surface area contributed by atoms with Gasteiger partial charge in [-0.25, -0.2) is 9.97 Å². The Labute approximate surface area is 129 Å². The number of aryl methyl sites for hydroxylation is 1. The molecule has 1 aliphatic heterocycles. The molecule has 0 aromatic carbocycles. The topological polar surface area (TPSA) is 78.2 Å². The van der Waals surface area contributed by atoms with Gasteiger partial charge < -0.3 is 18.9 Å². The van der Waals surface area contributed by atoms with E-state index < -0.39 is 0 Å². The van der Waals surface area contributed by atoms with Crippen LogP contribution in [0.25, 0.3) is 0 Å². The molecule has 8 heteroatoms. The second-order valence-corrected chi connectivity index (χ2v) is 4.93. The SMILES string of the molecule is CCOc1cc(N2CCO[C@@H](c3nncn3CC)C2)ncn1. The third-order valence-corrected chi connectivity index (χ3v) is 3.58. The minimum Gasteiger partial charge on any atom is -0.478 e. The summed E-state index contributed by atoms with van der Waals surface area (Å²) >= 11 is 0.